The molecule has 4 nitrogen and oxygen atoms in total. The van der Waals surface area contributed by atoms with Crippen molar-refractivity contribution in [2.75, 3.05) is 40.4 Å². The fourth-order valence-corrected chi connectivity index (χ4v) is 2.98. The van der Waals surface area contributed by atoms with Crippen LogP contribution in [0.25, 0.3) is 0 Å². The number of hydrogen-bond donors (Lipinski definition) is 1. The first kappa shape index (κ1) is 15.1. The van der Waals surface area contributed by atoms with Crippen molar-refractivity contribution >= 4 is 0 Å². The third-order valence-corrected chi connectivity index (χ3v) is 3.95. The summed E-state index contributed by atoms with van der Waals surface area (Å²) in [5, 5.41) is 3.42. The van der Waals surface area contributed by atoms with E-state index in [2.05, 4.69) is 29.3 Å². The second-order valence-corrected chi connectivity index (χ2v) is 5.17. The highest BCUT2D eigenvalue weighted by atomic mass is 16.5. The van der Waals surface area contributed by atoms with Gasteiger partial charge in [0.25, 0.3) is 0 Å². The SMILES string of the molecule is CCC[C@@H](c1cccc(OC)c1OC)N1CCNCC1. The Balaban J connectivity index is 2.32. The van der Waals surface area contributed by atoms with Gasteiger partial charge in [-0.3, -0.25) is 4.90 Å². The number of rotatable bonds is 6. The standard InChI is InChI=1S/C16H26N2O2/c1-4-6-14(18-11-9-17-10-12-18)13-7-5-8-15(19-2)16(13)20-3/h5,7-8,14,17H,4,6,9-12H2,1-3H3/t14-/m0/s1. The molecule has 0 unspecified atom stereocenters. The van der Waals surface area contributed by atoms with Crippen LogP contribution in [-0.2, 0) is 0 Å². The Hall–Kier alpha value is -1.26. The second-order valence-electron chi connectivity index (χ2n) is 5.17. The van der Waals surface area contributed by atoms with Gasteiger partial charge in [-0.05, 0) is 12.5 Å². The number of piperazine rings is 1. The van der Waals surface area contributed by atoms with Gasteiger partial charge in [0.1, 0.15) is 0 Å². The van der Waals surface area contributed by atoms with Crippen LogP contribution in [0.4, 0.5) is 0 Å². The lowest BCUT2D eigenvalue weighted by molar-refractivity contribution is 0.161. The predicted molar refractivity (Wildman–Crippen MR) is 81.6 cm³/mol. The molecule has 0 aromatic heterocycles. The van der Waals surface area contributed by atoms with Gasteiger partial charge in [0.15, 0.2) is 11.5 Å². The van der Waals surface area contributed by atoms with Crippen molar-refractivity contribution in [3.8, 4) is 11.5 Å². The van der Waals surface area contributed by atoms with E-state index in [0.29, 0.717) is 6.04 Å². The largest absolute Gasteiger partial charge is 0.493 e. The predicted octanol–water partition coefficient (Wildman–Crippen LogP) is 2.45. The van der Waals surface area contributed by atoms with E-state index in [9.17, 15) is 0 Å². The maximum absolute atomic E-state index is 5.62. The molecule has 1 aliphatic heterocycles. The minimum Gasteiger partial charge on any atom is -0.493 e. The van der Waals surface area contributed by atoms with Gasteiger partial charge in [0, 0.05) is 37.8 Å². The number of methoxy groups -OCH3 is 2. The Labute approximate surface area is 122 Å². The van der Waals surface area contributed by atoms with Crippen LogP contribution in [-0.4, -0.2) is 45.3 Å². The van der Waals surface area contributed by atoms with Gasteiger partial charge in [-0.25, -0.2) is 0 Å². The highest BCUT2D eigenvalue weighted by Gasteiger charge is 2.25. The maximum atomic E-state index is 5.62. The van der Waals surface area contributed by atoms with E-state index in [-0.39, 0.29) is 0 Å². The van der Waals surface area contributed by atoms with E-state index < -0.39 is 0 Å². The molecular formula is C16H26N2O2. The second kappa shape index (κ2) is 7.50. The average Bonchev–Trinajstić information content (AvgIpc) is 2.52. The smallest absolute Gasteiger partial charge is 0.165 e. The molecule has 1 aromatic carbocycles. The molecule has 112 valence electrons. The summed E-state index contributed by atoms with van der Waals surface area (Å²) in [7, 11) is 3.42. The van der Waals surface area contributed by atoms with Gasteiger partial charge in [0.05, 0.1) is 14.2 Å². The van der Waals surface area contributed by atoms with E-state index in [0.717, 1.165) is 50.5 Å². The number of nitrogens with zero attached hydrogens (tertiary/aromatic N) is 1. The van der Waals surface area contributed by atoms with Crippen LogP contribution >= 0.6 is 0 Å². The zero-order valence-corrected chi connectivity index (χ0v) is 12.8. The van der Waals surface area contributed by atoms with Crippen molar-refractivity contribution in [2.45, 2.75) is 25.8 Å². The van der Waals surface area contributed by atoms with Crippen LogP contribution in [0.15, 0.2) is 18.2 Å². The fraction of sp³-hybridized carbons (Fsp3) is 0.625. The quantitative estimate of drug-likeness (QED) is 0.866. The van der Waals surface area contributed by atoms with Crippen LogP contribution in [0.3, 0.4) is 0 Å². The molecule has 4 heteroatoms. The monoisotopic (exact) mass is 278 g/mol. The summed E-state index contributed by atoms with van der Waals surface area (Å²) in [6.07, 6.45) is 2.30. The highest BCUT2D eigenvalue weighted by Crippen LogP contribution is 2.38. The summed E-state index contributed by atoms with van der Waals surface area (Å²) in [5.74, 6) is 1.70. The van der Waals surface area contributed by atoms with Gasteiger partial charge in [-0.15, -0.1) is 0 Å². The molecule has 1 heterocycles. The van der Waals surface area contributed by atoms with Gasteiger partial charge >= 0.3 is 0 Å². The van der Waals surface area contributed by atoms with Crippen molar-refractivity contribution in [1.82, 2.24) is 10.2 Å². The summed E-state index contributed by atoms with van der Waals surface area (Å²) in [5.41, 5.74) is 1.25. The van der Waals surface area contributed by atoms with E-state index >= 15 is 0 Å². The number of ether oxygens (including phenoxy) is 2. The molecule has 20 heavy (non-hydrogen) atoms. The number of benzene rings is 1. The van der Waals surface area contributed by atoms with Crippen molar-refractivity contribution in [2.24, 2.45) is 0 Å². The number of nitrogens with one attached hydrogen (secondary N) is 1. The lowest BCUT2D eigenvalue weighted by atomic mass is 9.98. The Bertz CT molecular complexity index is 417. The zero-order valence-electron chi connectivity index (χ0n) is 12.8. The van der Waals surface area contributed by atoms with Crippen molar-refractivity contribution < 1.29 is 9.47 Å². The lowest BCUT2D eigenvalue weighted by Crippen LogP contribution is -2.45. The third-order valence-electron chi connectivity index (χ3n) is 3.95. The maximum Gasteiger partial charge on any atom is 0.165 e. The van der Waals surface area contributed by atoms with E-state index in [1.807, 2.05) is 6.07 Å². The first-order valence-electron chi connectivity index (χ1n) is 7.47. The topological polar surface area (TPSA) is 33.7 Å². The van der Waals surface area contributed by atoms with Crippen molar-refractivity contribution in [3.63, 3.8) is 0 Å². The fourth-order valence-electron chi connectivity index (χ4n) is 2.98. The molecule has 1 N–H and O–H groups in total. The van der Waals surface area contributed by atoms with Crippen molar-refractivity contribution in [1.29, 1.82) is 0 Å². The van der Waals surface area contributed by atoms with E-state index in [1.165, 1.54) is 5.56 Å². The molecule has 0 bridgehead atoms. The molecule has 0 spiro atoms. The summed E-state index contributed by atoms with van der Waals surface area (Å²) in [6, 6.07) is 6.60. The van der Waals surface area contributed by atoms with E-state index in [4.69, 9.17) is 9.47 Å². The molecule has 1 aliphatic rings. The van der Waals surface area contributed by atoms with Crippen LogP contribution in [0.2, 0.25) is 0 Å². The Kier molecular flexibility index (Phi) is 5.68. The van der Waals surface area contributed by atoms with Crippen LogP contribution in [0.1, 0.15) is 31.4 Å². The Morgan fingerprint density at radius 2 is 1.95 bits per heavy atom. The minimum atomic E-state index is 0.409. The summed E-state index contributed by atoms with van der Waals surface area (Å²) in [4.78, 5) is 2.55. The van der Waals surface area contributed by atoms with Gasteiger partial charge in [-0.1, -0.05) is 25.5 Å². The van der Waals surface area contributed by atoms with Crippen LogP contribution in [0.5, 0.6) is 11.5 Å². The highest BCUT2D eigenvalue weighted by molar-refractivity contribution is 5.48. The van der Waals surface area contributed by atoms with Gasteiger partial charge in [0.2, 0.25) is 0 Å². The molecule has 1 fully saturated rings. The molecule has 0 amide bonds. The van der Waals surface area contributed by atoms with E-state index in [1.54, 1.807) is 14.2 Å². The average molecular weight is 278 g/mol. The molecule has 0 saturated carbocycles. The normalized spacial score (nSPS) is 17.8. The molecule has 1 atom stereocenters. The molecule has 0 radical (unpaired) electrons. The van der Waals surface area contributed by atoms with Gasteiger partial charge < -0.3 is 14.8 Å². The van der Waals surface area contributed by atoms with Crippen LogP contribution < -0.4 is 14.8 Å². The molecule has 1 saturated heterocycles. The molecule has 0 aliphatic carbocycles. The van der Waals surface area contributed by atoms with Crippen molar-refractivity contribution in [3.05, 3.63) is 23.8 Å². The molecule has 1 aromatic rings. The third kappa shape index (κ3) is 3.25. The van der Waals surface area contributed by atoms with Gasteiger partial charge in [-0.2, -0.15) is 0 Å². The summed E-state index contributed by atoms with van der Waals surface area (Å²) in [6.45, 7) is 6.54. The molecular weight excluding hydrogens is 252 g/mol. The molecule has 2 rings (SSSR count). The van der Waals surface area contributed by atoms with Crippen LogP contribution in [0, 0.1) is 0 Å². The first-order valence-corrected chi connectivity index (χ1v) is 7.47. The number of hydrogen-bond acceptors (Lipinski definition) is 4. The summed E-state index contributed by atoms with van der Waals surface area (Å²) < 4.78 is 11.1. The Morgan fingerprint density at radius 3 is 2.55 bits per heavy atom. The lowest BCUT2D eigenvalue weighted by Gasteiger charge is -2.36. The zero-order chi connectivity index (χ0) is 14.4. The Morgan fingerprint density at radius 1 is 1.20 bits per heavy atom. The number of para-hydroxylation sites is 1. The summed E-state index contributed by atoms with van der Waals surface area (Å²) >= 11 is 0. The first-order chi connectivity index (χ1) is 9.81. The minimum absolute atomic E-state index is 0.409.